The van der Waals surface area contributed by atoms with Crippen LogP contribution in [0.3, 0.4) is 0 Å². The van der Waals surface area contributed by atoms with Gasteiger partial charge in [0.05, 0.1) is 0 Å². The number of benzene rings is 3. The molecule has 1 aliphatic heterocycles. The highest BCUT2D eigenvalue weighted by molar-refractivity contribution is 7.98. The molecule has 3 aromatic carbocycles. The first-order chi connectivity index (χ1) is 19.9. The van der Waals surface area contributed by atoms with Crippen molar-refractivity contribution in [3.05, 3.63) is 87.9 Å². The third-order valence-corrected chi connectivity index (χ3v) is 8.62. The summed E-state index contributed by atoms with van der Waals surface area (Å²) in [6, 6.07) is 18.2. The zero-order chi connectivity index (χ0) is 30.6. The summed E-state index contributed by atoms with van der Waals surface area (Å²) in [7, 11) is 0. The van der Waals surface area contributed by atoms with Crippen LogP contribution in [0.4, 0.5) is 4.79 Å². The number of thioether (sulfide) groups is 1. The Morgan fingerprint density at radius 2 is 1.62 bits per heavy atom. The summed E-state index contributed by atoms with van der Waals surface area (Å²) in [5.41, 5.74) is 2.03. The van der Waals surface area contributed by atoms with Gasteiger partial charge in [-0.3, -0.25) is 4.79 Å². The summed E-state index contributed by atoms with van der Waals surface area (Å²) in [5.74, 6) is -0.513. The van der Waals surface area contributed by atoms with E-state index in [4.69, 9.17) is 21.1 Å². The highest BCUT2D eigenvalue weighted by atomic mass is 35.5. The lowest BCUT2D eigenvalue weighted by atomic mass is 9.84. The Kier molecular flexibility index (Phi) is 9.89. The van der Waals surface area contributed by atoms with Crippen molar-refractivity contribution in [3.8, 4) is 11.5 Å². The van der Waals surface area contributed by atoms with E-state index in [9.17, 15) is 19.5 Å². The molecule has 0 unspecified atom stereocenters. The molecule has 0 spiro atoms. The smallest absolute Gasteiger partial charge is 0.415 e. The number of aliphatic carboxylic acids is 1. The number of carbonyl (C=O) groups is 3. The lowest BCUT2D eigenvalue weighted by Gasteiger charge is -2.25. The van der Waals surface area contributed by atoms with Crippen molar-refractivity contribution in [2.45, 2.75) is 51.0 Å². The Labute approximate surface area is 256 Å². The van der Waals surface area contributed by atoms with Crippen LogP contribution in [0.5, 0.6) is 11.5 Å². The quantitative estimate of drug-likeness (QED) is 0.188. The van der Waals surface area contributed by atoms with Crippen LogP contribution in [0.2, 0.25) is 5.02 Å². The van der Waals surface area contributed by atoms with E-state index in [2.05, 4.69) is 0 Å². The topological polar surface area (TPSA) is 93.1 Å². The summed E-state index contributed by atoms with van der Waals surface area (Å²) < 4.78 is 11.4. The molecule has 1 saturated heterocycles. The third-order valence-electron chi connectivity index (χ3n) is 7.63. The van der Waals surface area contributed by atoms with Crippen molar-refractivity contribution in [1.29, 1.82) is 0 Å². The Hall–Kier alpha value is -3.49. The van der Waals surface area contributed by atoms with Crippen molar-refractivity contribution in [2.24, 2.45) is 11.8 Å². The maximum atomic E-state index is 13.7. The SMILES string of the molecule is CSc1ccc(C(=O)[C@H]2CN(C(=O)Oc3ccc(Cl)cc3)C[C@@H]2CCc2cc(C)c(OC(C)(C)C(=O)O)c(C)c2)cc1. The van der Waals surface area contributed by atoms with Gasteiger partial charge in [0.1, 0.15) is 11.5 Å². The second-order valence-electron chi connectivity index (χ2n) is 11.2. The van der Waals surface area contributed by atoms with Crippen LogP contribution in [0.1, 0.15) is 47.3 Å². The van der Waals surface area contributed by atoms with Crippen molar-refractivity contribution in [2.75, 3.05) is 19.3 Å². The fourth-order valence-electron chi connectivity index (χ4n) is 5.24. The molecule has 9 heteroatoms. The number of likely N-dealkylation sites (tertiary alicyclic amines) is 1. The van der Waals surface area contributed by atoms with E-state index in [1.54, 1.807) is 40.9 Å². The van der Waals surface area contributed by atoms with Crippen LogP contribution in [0.25, 0.3) is 0 Å². The minimum atomic E-state index is -1.35. The van der Waals surface area contributed by atoms with Crippen molar-refractivity contribution >= 4 is 41.2 Å². The normalized spacial score (nSPS) is 16.8. The lowest BCUT2D eigenvalue weighted by Crippen LogP contribution is -2.38. The summed E-state index contributed by atoms with van der Waals surface area (Å²) in [6.45, 7) is 7.53. The molecule has 42 heavy (non-hydrogen) atoms. The maximum Gasteiger partial charge on any atom is 0.415 e. The number of rotatable bonds is 10. The first-order valence-corrected chi connectivity index (χ1v) is 15.4. The minimum absolute atomic E-state index is 0.0152. The molecule has 1 heterocycles. The number of carboxylic acids is 1. The van der Waals surface area contributed by atoms with Gasteiger partial charge in [0.25, 0.3) is 0 Å². The molecule has 1 aliphatic rings. The van der Waals surface area contributed by atoms with E-state index < -0.39 is 17.7 Å². The average Bonchev–Trinajstić information content (AvgIpc) is 3.39. The summed E-state index contributed by atoms with van der Waals surface area (Å²) in [6.07, 6.45) is 2.86. The fraction of sp³-hybridized carbons (Fsp3) is 0.364. The zero-order valence-electron chi connectivity index (χ0n) is 24.5. The van der Waals surface area contributed by atoms with Gasteiger partial charge in [-0.1, -0.05) is 35.9 Å². The second-order valence-corrected chi connectivity index (χ2v) is 12.5. The average molecular weight is 610 g/mol. The number of amides is 1. The molecule has 0 saturated carbocycles. The lowest BCUT2D eigenvalue weighted by molar-refractivity contribution is -0.152. The van der Waals surface area contributed by atoms with Crippen LogP contribution in [-0.4, -0.2) is 52.8 Å². The van der Waals surface area contributed by atoms with E-state index in [1.807, 2.05) is 56.5 Å². The largest absolute Gasteiger partial charge is 0.478 e. The van der Waals surface area contributed by atoms with E-state index in [0.717, 1.165) is 21.6 Å². The van der Waals surface area contributed by atoms with Gasteiger partial charge in [-0.05, 0) is 106 Å². The van der Waals surface area contributed by atoms with Gasteiger partial charge in [0.15, 0.2) is 11.4 Å². The number of ether oxygens (including phenoxy) is 2. The molecule has 3 aromatic rings. The predicted octanol–water partition coefficient (Wildman–Crippen LogP) is 7.48. The van der Waals surface area contributed by atoms with Gasteiger partial charge < -0.3 is 19.5 Å². The van der Waals surface area contributed by atoms with Gasteiger partial charge >= 0.3 is 12.1 Å². The number of hydrogen-bond donors (Lipinski definition) is 1. The summed E-state index contributed by atoms with van der Waals surface area (Å²) in [4.78, 5) is 41.1. The van der Waals surface area contributed by atoms with E-state index in [-0.39, 0.29) is 24.2 Å². The fourth-order valence-corrected chi connectivity index (χ4v) is 5.78. The number of carboxylic acid groups (broad SMARTS) is 1. The van der Waals surface area contributed by atoms with Crippen LogP contribution in [0, 0.1) is 25.7 Å². The molecule has 1 fully saturated rings. The Morgan fingerprint density at radius 3 is 2.19 bits per heavy atom. The first kappa shape index (κ1) is 31.4. The van der Waals surface area contributed by atoms with Crippen molar-refractivity contribution in [3.63, 3.8) is 0 Å². The number of halogens is 1. The molecular formula is C33H36ClNO6S. The molecule has 0 bridgehead atoms. The molecule has 1 N–H and O–H groups in total. The molecule has 7 nitrogen and oxygen atoms in total. The van der Waals surface area contributed by atoms with E-state index >= 15 is 0 Å². The molecule has 1 amide bonds. The monoisotopic (exact) mass is 609 g/mol. The Morgan fingerprint density at radius 1 is 1.00 bits per heavy atom. The number of Topliss-reactive ketones (excluding diaryl/α,β-unsaturated/α-hetero) is 1. The Balaban J connectivity index is 1.52. The van der Waals surface area contributed by atoms with Crippen LogP contribution < -0.4 is 9.47 Å². The molecule has 4 rings (SSSR count). The summed E-state index contributed by atoms with van der Waals surface area (Å²) >= 11 is 7.57. The zero-order valence-corrected chi connectivity index (χ0v) is 26.1. The highest BCUT2D eigenvalue weighted by Crippen LogP contribution is 2.34. The standard InChI is InChI=1S/C33H36ClNO6S/c1-20-16-22(17-21(2)30(20)41-33(3,4)31(37)38)6-7-24-18-35(32(39)40-26-12-10-25(34)11-13-26)19-28(24)29(36)23-8-14-27(42-5)15-9-23/h8-17,24,28H,6-7,18-19H2,1-5H3,(H,37,38)/t24-,28-/m0/s1. The molecule has 222 valence electrons. The maximum absolute atomic E-state index is 13.7. The second kappa shape index (κ2) is 13.2. The van der Waals surface area contributed by atoms with Gasteiger partial charge in [-0.25, -0.2) is 9.59 Å². The predicted molar refractivity (Wildman–Crippen MR) is 165 cm³/mol. The van der Waals surface area contributed by atoms with Gasteiger partial charge in [-0.15, -0.1) is 11.8 Å². The van der Waals surface area contributed by atoms with E-state index in [1.165, 1.54) is 13.8 Å². The van der Waals surface area contributed by atoms with Crippen molar-refractivity contribution < 1.29 is 29.0 Å². The van der Waals surface area contributed by atoms with Crippen LogP contribution in [0.15, 0.2) is 65.6 Å². The summed E-state index contributed by atoms with van der Waals surface area (Å²) in [5, 5.41) is 10.0. The van der Waals surface area contributed by atoms with Gasteiger partial charge in [0, 0.05) is 34.5 Å². The highest BCUT2D eigenvalue weighted by Gasteiger charge is 2.40. The molecule has 0 aromatic heterocycles. The Bertz CT molecular complexity index is 1430. The molecular weight excluding hydrogens is 574 g/mol. The van der Waals surface area contributed by atoms with Crippen molar-refractivity contribution in [1.82, 2.24) is 4.90 Å². The van der Waals surface area contributed by atoms with Gasteiger partial charge in [0.2, 0.25) is 0 Å². The molecule has 0 aliphatic carbocycles. The number of aryl methyl sites for hydroxylation is 3. The number of ketones is 1. The number of hydrogen-bond acceptors (Lipinski definition) is 6. The molecule has 0 radical (unpaired) electrons. The minimum Gasteiger partial charge on any atom is -0.478 e. The first-order valence-electron chi connectivity index (χ1n) is 13.8. The number of nitrogens with zero attached hydrogens (tertiary/aromatic N) is 1. The van der Waals surface area contributed by atoms with E-state index in [0.29, 0.717) is 41.5 Å². The van der Waals surface area contributed by atoms with Crippen LogP contribution in [-0.2, 0) is 11.2 Å². The van der Waals surface area contributed by atoms with Gasteiger partial charge in [-0.2, -0.15) is 0 Å². The molecule has 2 atom stereocenters. The van der Waals surface area contributed by atoms with Crippen LogP contribution >= 0.6 is 23.4 Å². The third kappa shape index (κ3) is 7.47. The number of carbonyl (C=O) groups excluding carboxylic acids is 2.